The molecule has 2 N–H and O–H groups in total. The molecule has 1 fully saturated rings. The summed E-state index contributed by atoms with van der Waals surface area (Å²) in [5, 5.41) is 0. The smallest absolute Gasteiger partial charge is 0.254 e. The molecule has 1 aromatic carbocycles. The average molecular weight is 278 g/mol. The number of carbonyl (C=O) groups is 1. The lowest BCUT2D eigenvalue weighted by Crippen LogP contribution is -2.39. The van der Waals surface area contributed by atoms with Crippen LogP contribution in [0.2, 0.25) is 0 Å². The van der Waals surface area contributed by atoms with Gasteiger partial charge in [-0.3, -0.25) is 4.79 Å². The molecule has 2 rings (SSSR count). The molecule has 0 aliphatic carbocycles. The van der Waals surface area contributed by atoms with Crippen LogP contribution in [0.5, 0.6) is 5.75 Å². The molecule has 1 unspecified atom stereocenters. The Balaban J connectivity index is 2.04. The quantitative estimate of drug-likeness (QED) is 0.796. The summed E-state index contributed by atoms with van der Waals surface area (Å²) in [6.45, 7) is 2.31. The molecule has 0 bridgehead atoms. The van der Waals surface area contributed by atoms with Crippen LogP contribution in [-0.2, 0) is 4.74 Å². The second kappa shape index (κ2) is 7.26. The third-order valence-corrected chi connectivity index (χ3v) is 3.55. The van der Waals surface area contributed by atoms with Gasteiger partial charge in [0.05, 0.1) is 6.61 Å². The number of nitrogens with two attached hydrogens (primary N) is 1. The molecule has 1 aliphatic heterocycles. The predicted molar refractivity (Wildman–Crippen MR) is 76.9 cm³/mol. The van der Waals surface area contributed by atoms with Gasteiger partial charge in [0.15, 0.2) is 0 Å². The third-order valence-electron chi connectivity index (χ3n) is 3.55. The minimum absolute atomic E-state index is 0.0372. The first-order valence-electron chi connectivity index (χ1n) is 6.99. The second-order valence-electron chi connectivity index (χ2n) is 4.90. The normalized spacial score (nSPS) is 18.3. The molecule has 20 heavy (non-hydrogen) atoms. The van der Waals surface area contributed by atoms with Crippen molar-refractivity contribution in [3.05, 3.63) is 29.8 Å². The zero-order valence-electron chi connectivity index (χ0n) is 11.9. The molecule has 0 radical (unpaired) electrons. The topological polar surface area (TPSA) is 64.8 Å². The summed E-state index contributed by atoms with van der Waals surface area (Å²) < 4.78 is 10.5. The van der Waals surface area contributed by atoms with Gasteiger partial charge < -0.3 is 20.1 Å². The van der Waals surface area contributed by atoms with Crippen LogP contribution in [0.25, 0.3) is 0 Å². The molecule has 5 nitrogen and oxygen atoms in total. The molecule has 1 aromatic rings. The first kappa shape index (κ1) is 14.8. The maximum absolute atomic E-state index is 12.5. The predicted octanol–water partition coefficient (Wildman–Crippen LogP) is 1.28. The summed E-state index contributed by atoms with van der Waals surface area (Å²) in [6, 6.07) is 7.45. The van der Waals surface area contributed by atoms with Gasteiger partial charge >= 0.3 is 0 Å². The average Bonchev–Trinajstić information content (AvgIpc) is 2.95. The van der Waals surface area contributed by atoms with Gasteiger partial charge in [-0.15, -0.1) is 0 Å². The molecule has 0 saturated carbocycles. The van der Waals surface area contributed by atoms with E-state index in [1.165, 1.54) is 0 Å². The van der Waals surface area contributed by atoms with Crippen LogP contribution in [0.4, 0.5) is 0 Å². The van der Waals surface area contributed by atoms with Gasteiger partial charge in [0, 0.05) is 31.8 Å². The van der Waals surface area contributed by atoms with Crippen molar-refractivity contribution in [2.24, 2.45) is 5.73 Å². The highest BCUT2D eigenvalue weighted by atomic mass is 16.5. The Morgan fingerprint density at radius 2 is 2.30 bits per heavy atom. The maximum atomic E-state index is 12.5. The number of carbonyl (C=O) groups excluding carboxylic acids is 1. The van der Waals surface area contributed by atoms with Crippen molar-refractivity contribution in [3.63, 3.8) is 0 Å². The summed E-state index contributed by atoms with van der Waals surface area (Å²) in [5.41, 5.74) is 6.37. The number of rotatable bonds is 6. The van der Waals surface area contributed by atoms with E-state index in [2.05, 4.69) is 0 Å². The van der Waals surface area contributed by atoms with Gasteiger partial charge in [-0.1, -0.05) is 6.07 Å². The Labute approximate surface area is 119 Å². The number of hydrogen-bond acceptors (Lipinski definition) is 4. The Morgan fingerprint density at radius 3 is 3.05 bits per heavy atom. The number of hydrogen-bond donors (Lipinski definition) is 1. The number of nitrogens with zero attached hydrogens (tertiary/aromatic N) is 1. The summed E-state index contributed by atoms with van der Waals surface area (Å²) in [7, 11) is 1.63. The summed E-state index contributed by atoms with van der Waals surface area (Å²) in [5.74, 6) is 0.728. The van der Waals surface area contributed by atoms with E-state index < -0.39 is 0 Å². The number of ether oxygens (including phenoxy) is 2. The van der Waals surface area contributed by atoms with E-state index >= 15 is 0 Å². The SMILES string of the molecule is COCCOc1cccc(C(=O)N2CCCC2CN)c1. The number of benzene rings is 1. The highest BCUT2D eigenvalue weighted by molar-refractivity contribution is 5.95. The zero-order chi connectivity index (χ0) is 14.4. The van der Waals surface area contributed by atoms with Gasteiger partial charge in [-0.05, 0) is 31.0 Å². The summed E-state index contributed by atoms with van der Waals surface area (Å²) in [4.78, 5) is 14.4. The van der Waals surface area contributed by atoms with E-state index in [1.54, 1.807) is 13.2 Å². The van der Waals surface area contributed by atoms with Gasteiger partial charge in [-0.25, -0.2) is 0 Å². The van der Waals surface area contributed by atoms with Crippen molar-refractivity contribution in [2.45, 2.75) is 18.9 Å². The molecule has 110 valence electrons. The van der Waals surface area contributed by atoms with Crippen molar-refractivity contribution in [3.8, 4) is 5.75 Å². The summed E-state index contributed by atoms with van der Waals surface area (Å²) in [6.07, 6.45) is 2.02. The molecule has 0 spiro atoms. The van der Waals surface area contributed by atoms with Crippen molar-refractivity contribution >= 4 is 5.91 Å². The molecular weight excluding hydrogens is 256 g/mol. The Kier molecular flexibility index (Phi) is 5.38. The molecular formula is C15H22N2O3. The molecule has 1 aliphatic rings. The van der Waals surface area contributed by atoms with Gasteiger partial charge in [0.2, 0.25) is 0 Å². The van der Waals surface area contributed by atoms with Crippen LogP contribution < -0.4 is 10.5 Å². The van der Waals surface area contributed by atoms with Crippen molar-refractivity contribution in [2.75, 3.05) is 33.4 Å². The van der Waals surface area contributed by atoms with Crippen LogP contribution in [0.15, 0.2) is 24.3 Å². The molecule has 5 heteroatoms. The van der Waals surface area contributed by atoms with Crippen LogP contribution in [0, 0.1) is 0 Å². The molecule has 1 saturated heterocycles. The highest BCUT2D eigenvalue weighted by Crippen LogP contribution is 2.21. The summed E-state index contributed by atoms with van der Waals surface area (Å²) >= 11 is 0. The third kappa shape index (κ3) is 3.49. The lowest BCUT2D eigenvalue weighted by molar-refractivity contribution is 0.0740. The van der Waals surface area contributed by atoms with Crippen LogP contribution in [0.3, 0.4) is 0 Å². The van der Waals surface area contributed by atoms with E-state index in [1.807, 2.05) is 23.1 Å². The monoisotopic (exact) mass is 278 g/mol. The van der Waals surface area contributed by atoms with Gasteiger partial charge in [0.25, 0.3) is 5.91 Å². The largest absolute Gasteiger partial charge is 0.491 e. The Bertz CT molecular complexity index is 450. The molecule has 1 heterocycles. The van der Waals surface area contributed by atoms with Crippen molar-refractivity contribution < 1.29 is 14.3 Å². The van der Waals surface area contributed by atoms with E-state index in [4.69, 9.17) is 15.2 Å². The Morgan fingerprint density at radius 1 is 1.45 bits per heavy atom. The maximum Gasteiger partial charge on any atom is 0.254 e. The van der Waals surface area contributed by atoms with Crippen LogP contribution >= 0.6 is 0 Å². The molecule has 1 amide bonds. The Hall–Kier alpha value is -1.59. The van der Waals surface area contributed by atoms with E-state index in [0.29, 0.717) is 31.1 Å². The van der Waals surface area contributed by atoms with E-state index in [9.17, 15) is 4.79 Å². The molecule has 1 atom stereocenters. The van der Waals surface area contributed by atoms with Crippen molar-refractivity contribution in [1.82, 2.24) is 4.90 Å². The minimum atomic E-state index is 0.0372. The zero-order valence-corrected chi connectivity index (χ0v) is 11.9. The number of amides is 1. The van der Waals surface area contributed by atoms with E-state index in [-0.39, 0.29) is 11.9 Å². The van der Waals surface area contributed by atoms with Crippen LogP contribution in [-0.4, -0.2) is 50.3 Å². The fraction of sp³-hybridized carbons (Fsp3) is 0.533. The minimum Gasteiger partial charge on any atom is -0.491 e. The number of likely N-dealkylation sites (tertiary alicyclic amines) is 1. The lowest BCUT2D eigenvalue weighted by atomic mass is 10.1. The first-order valence-corrected chi connectivity index (χ1v) is 6.99. The lowest BCUT2D eigenvalue weighted by Gasteiger charge is -2.23. The van der Waals surface area contributed by atoms with Crippen LogP contribution in [0.1, 0.15) is 23.2 Å². The second-order valence-corrected chi connectivity index (χ2v) is 4.90. The van der Waals surface area contributed by atoms with Gasteiger partial charge in [-0.2, -0.15) is 0 Å². The van der Waals surface area contributed by atoms with Gasteiger partial charge in [0.1, 0.15) is 12.4 Å². The number of methoxy groups -OCH3 is 1. The van der Waals surface area contributed by atoms with E-state index in [0.717, 1.165) is 19.4 Å². The van der Waals surface area contributed by atoms with Crippen molar-refractivity contribution in [1.29, 1.82) is 0 Å². The molecule has 0 aromatic heterocycles. The fourth-order valence-corrected chi connectivity index (χ4v) is 2.48. The first-order chi connectivity index (χ1) is 9.76. The highest BCUT2D eigenvalue weighted by Gasteiger charge is 2.28. The fourth-order valence-electron chi connectivity index (χ4n) is 2.48. The standard InChI is InChI=1S/C15H22N2O3/c1-19-8-9-20-14-6-2-4-12(10-14)15(18)17-7-3-5-13(17)11-16/h2,4,6,10,13H,3,5,7-9,11,16H2,1H3.